The monoisotopic (exact) mass is 449 g/mol. The third kappa shape index (κ3) is 3.86. The summed E-state index contributed by atoms with van der Waals surface area (Å²) in [7, 11) is 0. The number of hydrogen-bond donors (Lipinski definition) is 1. The number of rotatable bonds is 4. The van der Waals surface area contributed by atoms with Gasteiger partial charge in [-0.2, -0.15) is 10.1 Å². The maximum atomic E-state index is 13.9. The molecule has 4 aromatic rings. The number of piperidine rings is 1. The Morgan fingerprint density at radius 2 is 1.81 bits per heavy atom. The Morgan fingerprint density at radius 3 is 2.53 bits per heavy atom. The fourth-order valence-corrected chi connectivity index (χ4v) is 5.09. The number of benzene rings is 2. The van der Waals surface area contributed by atoms with E-state index >= 15 is 0 Å². The van der Waals surface area contributed by atoms with Gasteiger partial charge < -0.3 is 10.2 Å². The molecule has 2 aromatic carbocycles. The SMILES string of the molecule is Cc1ccc(-n2nc(C)c3sc(N4CCC(NC(=O)c5ccccc5F)CC4)nc32)cc1. The minimum Gasteiger partial charge on any atom is -0.349 e. The number of aromatic nitrogens is 3. The third-order valence-corrected chi connectivity index (χ3v) is 7.09. The van der Waals surface area contributed by atoms with E-state index in [0.717, 1.165) is 52.8 Å². The number of carbonyl (C=O) groups is 1. The van der Waals surface area contributed by atoms with Gasteiger partial charge in [0.2, 0.25) is 0 Å². The summed E-state index contributed by atoms with van der Waals surface area (Å²) in [6, 6.07) is 14.4. The van der Waals surface area contributed by atoms with E-state index in [4.69, 9.17) is 4.98 Å². The first-order valence-corrected chi connectivity index (χ1v) is 11.5. The van der Waals surface area contributed by atoms with Gasteiger partial charge in [0, 0.05) is 19.1 Å². The molecule has 0 saturated carbocycles. The lowest BCUT2D eigenvalue weighted by Gasteiger charge is -2.32. The predicted octanol–water partition coefficient (Wildman–Crippen LogP) is 4.64. The van der Waals surface area contributed by atoms with Crippen LogP contribution in [0.25, 0.3) is 16.0 Å². The maximum absolute atomic E-state index is 13.9. The van der Waals surface area contributed by atoms with E-state index < -0.39 is 5.82 Å². The highest BCUT2D eigenvalue weighted by molar-refractivity contribution is 7.22. The van der Waals surface area contributed by atoms with Crippen LogP contribution in [0.2, 0.25) is 0 Å². The lowest BCUT2D eigenvalue weighted by Crippen LogP contribution is -2.44. The zero-order valence-electron chi connectivity index (χ0n) is 18.0. The fraction of sp³-hybridized carbons (Fsp3) is 0.292. The third-order valence-electron chi connectivity index (χ3n) is 5.87. The second kappa shape index (κ2) is 8.35. The van der Waals surface area contributed by atoms with E-state index in [1.807, 2.05) is 11.6 Å². The Kier molecular flexibility index (Phi) is 5.38. The molecule has 6 nitrogen and oxygen atoms in total. The summed E-state index contributed by atoms with van der Waals surface area (Å²) in [5, 5.41) is 8.63. The molecule has 1 amide bonds. The summed E-state index contributed by atoms with van der Waals surface area (Å²) in [6.45, 7) is 5.65. The molecule has 0 spiro atoms. The Balaban J connectivity index is 1.29. The van der Waals surface area contributed by atoms with Crippen LogP contribution in [0.1, 0.15) is 34.5 Å². The van der Waals surface area contributed by atoms with Gasteiger partial charge in [0.1, 0.15) is 5.82 Å². The first-order chi connectivity index (χ1) is 15.5. The van der Waals surface area contributed by atoms with Crippen molar-refractivity contribution in [1.29, 1.82) is 0 Å². The van der Waals surface area contributed by atoms with Crippen molar-refractivity contribution in [1.82, 2.24) is 20.1 Å². The summed E-state index contributed by atoms with van der Waals surface area (Å²) in [4.78, 5) is 19.6. The molecule has 1 saturated heterocycles. The zero-order chi connectivity index (χ0) is 22.2. The Morgan fingerprint density at radius 1 is 1.09 bits per heavy atom. The number of amides is 1. The van der Waals surface area contributed by atoms with Gasteiger partial charge in [0.25, 0.3) is 5.91 Å². The summed E-state index contributed by atoms with van der Waals surface area (Å²) in [5.41, 5.74) is 4.15. The second-order valence-electron chi connectivity index (χ2n) is 8.20. The molecule has 0 unspecified atom stereocenters. The summed E-state index contributed by atoms with van der Waals surface area (Å²) in [5.74, 6) is -0.842. The van der Waals surface area contributed by atoms with Gasteiger partial charge in [0.05, 0.1) is 21.6 Å². The average Bonchev–Trinajstić information content (AvgIpc) is 3.36. The quantitative estimate of drug-likeness (QED) is 0.493. The topological polar surface area (TPSA) is 63.1 Å². The minimum absolute atomic E-state index is 0.0255. The Hall–Kier alpha value is -3.26. The van der Waals surface area contributed by atoms with E-state index in [1.165, 1.54) is 17.7 Å². The first-order valence-electron chi connectivity index (χ1n) is 10.7. The minimum atomic E-state index is -0.491. The summed E-state index contributed by atoms with van der Waals surface area (Å²) < 4.78 is 16.9. The summed E-state index contributed by atoms with van der Waals surface area (Å²) in [6.07, 6.45) is 1.58. The van der Waals surface area contributed by atoms with Crippen molar-refractivity contribution in [3.8, 4) is 5.69 Å². The van der Waals surface area contributed by atoms with Crippen LogP contribution in [0.3, 0.4) is 0 Å². The van der Waals surface area contributed by atoms with Crippen molar-refractivity contribution in [3.05, 3.63) is 71.2 Å². The van der Waals surface area contributed by atoms with E-state index in [1.54, 1.807) is 23.5 Å². The van der Waals surface area contributed by atoms with Gasteiger partial charge in [-0.1, -0.05) is 41.2 Å². The maximum Gasteiger partial charge on any atom is 0.254 e. The number of halogens is 1. The van der Waals surface area contributed by atoms with Crippen molar-refractivity contribution in [2.24, 2.45) is 0 Å². The molecule has 0 radical (unpaired) electrons. The highest BCUT2D eigenvalue weighted by Crippen LogP contribution is 2.33. The molecule has 1 N–H and O–H groups in total. The molecule has 2 aromatic heterocycles. The van der Waals surface area contributed by atoms with E-state index in [9.17, 15) is 9.18 Å². The normalized spacial score (nSPS) is 14.8. The molecule has 3 heterocycles. The van der Waals surface area contributed by atoms with Crippen LogP contribution in [-0.4, -0.2) is 39.8 Å². The van der Waals surface area contributed by atoms with Gasteiger partial charge in [0.15, 0.2) is 10.8 Å². The van der Waals surface area contributed by atoms with Crippen LogP contribution in [0, 0.1) is 19.7 Å². The number of hydrogen-bond acceptors (Lipinski definition) is 5. The molecule has 5 rings (SSSR count). The molecular weight excluding hydrogens is 425 g/mol. The number of nitrogens with one attached hydrogen (secondary N) is 1. The van der Waals surface area contributed by atoms with Gasteiger partial charge >= 0.3 is 0 Å². The first kappa shape index (κ1) is 20.6. The number of fused-ring (bicyclic) bond motifs is 1. The highest BCUT2D eigenvalue weighted by atomic mass is 32.1. The van der Waals surface area contributed by atoms with Crippen molar-refractivity contribution in [3.63, 3.8) is 0 Å². The second-order valence-corrected chi connectivity index (χ2v) is 9.17. The molecule has 164 valence electrons. The van der Waals surface area contributed by atoms with Crippen LogP contribution >= 0.6 is 11.3 Å². The molecule has 1 aliphatic rings. The fourth-order valence-electron chi connectivity index (χ4n) is 4.05. The van der Waals surface area contributed by atoms with E-state index in [-0.39, 0.29) is 17.5 Å². The van der Waals surface area contributed by atoms with Crippen molar-refractivity contribution in [2.45, 2.75) is 32.7 Å². The zero-order valence-corrected chi connectivity index (χ0v) is 18.8. The highest BCUT2D eigenvalue weighted by Gasteiger charge is 2.25. The van der Waals surface area contributed by atoms with Crippen LogP contribution in [0.15, 0.2) is 48.5 Å². The van der Waals surface area contributed by atoms with Gasteiger partial charge in [-0.05, 0) is 51.0 Å². The van der Waals surface area contributed by atoms with Crippen LogP contribution in [0.5, 0.6) is 0 Å². The van der Waals surface area contributed by atoms with Crippen molar-refractivity contribution in [2.75, 3.05) is 18.0 Å². The van der Waals surface area contributed by atoms with Crippen molar-refractivity contribution >= 4 is 32.7 Å². The lowest BCUT2D eigenvalue weighted by atomic mass is 10.0. The van der Waals surface area contributed by atoms with Crippen molar-refractivity contribution < 1.29 is 9.18 Å². The molecule has 0 aliphatic carbocycles. The van der Waals surface area contributed by atoms with Crippen LogP contribution < -0.4 is 10.2 Å². The smallest absolute Gasteiger partial charge is 0.254 e. The van der Waals surface area contributed by atoms with Crippen LogP contribution in [0.4, 0.5) is 9.52 Å². The van der Waals surface area contributed by atoms with E-state index in [0.29, 0.717) is 0 Å². The number of anilines is 1. The largest absolute Gasteiger partial charge is 0.349 e. The average molecular weight is 450 g/mol. The van der Waals surface area contributed by atoms with Gasteiger partial charge in [-0.25, -0.2) is 9.07 Å². The van der Waals surface area contributed by atoms with E-state index in [2.05, 4.69) is 46.5 Å². The van der Waals surface area contributed by atoms with Crippen LogP contribution in [-0.2, 0) is 0 Å². The molecule has 1 aliphatic heterocycles. The molecular formula is C24H24FN5OS. The Bertz CT molecular complexity index is 1270. The molecule has 32 heavy (non-hydrogen) atoms. The predicted molar refractivity (Wildman–Crippen MR) is 125 cm³/mol. The lowest BCUT2D eigenvalue weighted by molar-refractivity contribution is 0.0927. The number of thiazole rings is 1. The number of aryl methyl sites for hydroxylation is 2. The summed E-state index contributed by atoms with van der Waals surface area (Å²) >= 11 is 1.66. The molecule has 0 bridgehead atoms. The number of nitrogens with zero attached hydrogens (tertiary/aromatic N) is 4. The van der Waals surface area contributed by atoms with Gasteiger partial charge in [-0.15, -0.1) is 0 Å². The molecule has 8 heteroatoms. The van der Waals surface area contributed by atoms with Gasteiger partial charge in [-0.3, -0.25) is 4.79 Å². The Labute approximate surface area is 189 Å². The standard InChI is InChI=1S/C24H24FN5OS/c1-15-7-9-18(10-8-15)30-22-21(16(2)28-30)32-24(27-22)29-13-11-17(12-14-29)26-23(31)19-5-3-4-6-20(19)25/h3-10,17H,11-14H2,1-2H3,(H,26,31). The number of carbonyl (C=O) groups excluding carboxylic acids is 1. The molecule has 1 fully saturated rings. The molecule has 0 atom stereocenters.